The first-order valence-electron chi connectivity index (χ1n) is 11.0. The van der Waals surface area contributed by atoms with Crippen molar-refractivity contribution in [3.8, 4) is 11.8 Å². The second-order valence-corrected chi connectivity index (χ2v) is 7.76. The average molecular weight is 426 g/mol. The lowest BCUT2D eigenvalue weighted by Gasteiger charge is -2.28. The molecule has 0 saturated carbocycles. The molecule has 0 amide bonds. The minimum atomic E-state index is -0.698. The van der Waals surface area contributed by atoms with Crippen molar-refractivity contribution in [3.63, 3.8) is 0 Å². The molecule has 1 aromatic rings. The van der Waals surface area contributed by atoms with Crippen molar-refractivity contribution in [2.75, 3.05) is 32.8 Å². The number of likely N-dealkylation sites (tertiary alicyclic amines) is 1. The summed E-state index contributed by atoms with van der Waals surface area (Å²) in [6.45, 7) is 7.47. The van der Waals surface area contributed by atoms with Gasteiger partial charge in [0.15, 0.2) is 0 Å². The molecule has 3 rings (SSSR count). The smallest absolute Gasteiger partial charge is 0.338 e. The van der Waals surface area contributed by atoms with Crippen molar-refractivity contribution >= 4 is 5.97 Å². The first-order valence-corrected chi connectivity index (χ1v) is 11.0. The molecule has 0 bridgehead atoms. The SMILES string of the molecule is CCOC(=O)C1=C(C)OC(N)=C(C#N)C1c1ccccc1OCCCN1CCCCC1. The minimum Gasteiger partial charge on any atom is -0.493 e. The summed E-state index contributed by atoms with van der Waals surface area (Å²) in [5, 5.41) is 9.77. The highest BCUT2D eigenvalue weighted by Crippen LogP contribution is 2.42. The summed E-state index contributed by atoms with van der Waals surface area (Å²) in [4.78, 5) is 15.2. The van der Waals surface area contributed by atoms with E-state index in [-0.39, 0.29) is 23.6 Å². The molecule has 0 radical (unpaired) electrons. The van der Waals surface area contributed by atoms with E-state index < -0.39 is 11.9 Å². The van der Waals surface area contributed by atoms with E-state index in [0.717, 1.165) is 26.1 Å². The maximum Gasteiger partial charge on any atom is 0.338 e. The molecule has 0 aromatic heterocycles. The first kappa shape index (κ1) is 22.7. The van der Waals surface area contributed by atoms with Gasteiger partial charge < -0.3 is 24.8 Å². The Morgan fingerprint density at radius 2 is 2.03 bits per heavy atom. The molecule has 1 aromatic carbocycles. The summed E-state index contributed by atoms with van der Waals surface area (Å²) in [7, 11) is 0. The third kappa shape index (κ3) is 5.39. The van der Waals surface area contributed by atoms with E-state index in [1.54, 1.807) is 13.8 Å². The van der Waals surface area contributed by atoms with Crippen molar-refractivity contribution in [1.82, 2.24) is 4.90 Å². The molecule has 2 aliphatic heterocycles. The number of rotatable bonds is 8. The van der Waals surface area contributed by atoms with Gasteiger partial charge in [-0.05, 0) is 52.3 Å². The molecule has 0 aliphatic carbocycles. The predicted octanol–water partition coefficient (Wildman–Crippen LogP) is 3.59. The number of piperidine rings is 1. The van der Waals surface area contributed by atoms with Gasteiger partial charge in [-0.1, -0.05) is 24.6 Å². The zero-order valence-corrected chi connectivity index (χ0v) is 18.4. The van der Waals surface area contributed by atoms with Gasteiger partial charge in [0.05, 0.1) is 24.7 Å². The van der Waals surface area contributed by atoms with Crippen molar-refractivity contribution in [2.24, 2.45) is 5.73 Å². The van der Waals surface area contributed by atoms with Gasteiger partial charge in [-0.3, -0.25) is 0 Å². The Labute approximate surface area is 184 Å². The normalized spacial score (nSPS) is 19.6. The lowest BCUT2D eigenvalue weighted by Crippen LogP contribution is -2.31. The molecule has 1 atom stereocenters. The number of hydrogen-bond donors (Lipinski definition) is 1. The molecule has 31 heavy (non-hydrogen) atoms. The molecule has 2 aliphatic rings. The number of carbonyl (C=O) groups excluding carboxylic acids is 1. The fraction of sp³-hybridized carbons (Fsp3) is 0.500. The number of ether oxygens (including phenoxy) is 3. The number of esters is 1. The summed E-state index contributed by atoms with van der Waals surface area (Å²) in [6, 6.07) is 9.56. The van der Waals surface area contributed by atoms with Crippen molar-refractivity contribution in [2.45, 2.75) is 45.4 Å². The Hall–Kier alpha value is -2.98. The largest absolute Gasteiger partial charge is 0.493 e. The van der Waals surface area contributed by atoms with E-state index in [4.69, 9.17) is 19.9 Å². The lowest BCUT2D eigenvalue weighted by molar-refractivity contribution is -0.139. The van der Waals surface area contributed by atoms with Gasteiger partial charge in [-0.15, -0.1) is 0 Å². The minimum absolute atomic E-state index is 0.00190. The van der Waals surface area contributed by atoms with E-state index in [9.17, 15) is 10.1 Å². The Bertz CT molecular complexity index is 894. The Balaban J connectivity index is 1.82. The number of nitriles is 1. The van der Waals surface area contributed by atoms with E-state index in [0.29, 0.717) is 23.7 Å². The van der Waals surface area contributed by atoms with Crippen LogP contribution >= 0.6 is 0 Å². The van der Waals surface area contributed by atoms with Crippen molar-refractivity contribution < 1.29 is 19.0 Å². The molecule has 166 valence electrons. The molecule has 0 spiro atoms. The Morgan fingerprint density at radius 1 is 1.29 bits per heavy atom. The highest BCUT2D eigenvalue weighted by molar-refractivity contribution is 5.92. The van der Waals surface area contributed by atoms with Crippen LogP contribution in [0.1, 0.15) is 51.0 Å². The topological polar surface area (TPSA) is 97.8 Å². The summed E-state index contributed by atoms with van der Waals surface area (Å²) in [6.07, 6.45) is 4.75. The zero-order valence-electron chi connectivity index (χ0n) is 18.4. The molecule has 1 unspecified atom stereocenters. The summed E-state index contributed by atoms with van der Waals surface area (Å²) < 4.78 is 16.9. The van der Waals surface area contributed by atoms with Crippen LogP contribution in [0.25, 0.3) is 0 Å². The molecule has 2 heterocycles. The molecule has 1 saturated heterocycles. The van der Waals surface area contributed by atoms with Gasteiger partial charge in [0, 0.05) is 12.1 Å². The van der Waals surface area contributed by atoms with Crippen LogP contribution in [0.15, 0.2) is 47.1 Å². The van der Waals surface area contributed by atoms with E-state index in [1.165, 1.54) is 19.3 Å². The molecular weight excluding hydrogens is 394 g/mol. The third-order valence-electron chi connectivity index (χ3n) is 5.66. The van der Waals surface area contributed by atoms with Crippen LogP contribution in [0.5, 0.6) is 5.75 Å². The zero-order chi connectivity index (χ0) is 22.2. The van der Waals surface area contributed by atoms with E-state index in [2.05, 4.69) is 11.0 Å². The van der Waals surface area contributed by atoms with Gasteiger partial charge in [-0.2, -0.15) is 5.26 Å². The van der Waals surface area contributed by atoms with Gasteiger partial charge in [0.25, 0.3) is 0 Å². The third-order valence-corrected chi connectivity index (χ3v) is 5.66. The molecule has 7 heteroatoms. The maximum atomic E-state index is 12.7. The van der Waals surface area contributed by atoms with Crippen LogP contribution in [0.3, 0.4) is 0 Å². The molecule has 7 nitrogen and oxygen atoms in total. The number of carbonyl (C=O) groups is 1. The van der Waals surface area contributed by atoms with Crippen LogP contribution in [0.4, 0.5) is 0 Å². The predicted molar refractivity (Wildman–Crippen MR) is 117 cm³/mol. The van der Waals surface area contributed by atoms with Gasteiger partial charge in [-0.25, -0.2) is 4.79 Å². The second kappa shape index (κ2) is 10.9. The monoisotopic (exact) mass is 425 g/mol. The maximum absolute atomic E-state index is 12.7. The highest BCUT2D eigenvalue weighted by Gasteiger charge is 2.37. The van der Waals surface area contributed by atoms with Crippen LogP contribution < -0.4 is 10.5 Å². The van der Waals surface area contributed by atoms with Crippen molar-refractivity contribution in [3.05, 3.63) is 52.6 Å². The van der Waals surface area contributed by atoms with Crippen LogP contribution in [0.2, 0.25) is 0 Å². The highest BCUT2D eigenvalue weighted by atomic mass is 16.5. The van der Waals surface area contributed by atoms with Gasteiger partial charge in [0.1, 0.15) is 23.2 Å². The van der Waals surface area contributed by atoms with Gasteiger partial charge >= 0.3 is 5.97 Å². The number of benzene rings is 1. The van der Waals surface area contributed by atoms with E-state index >= 15 is 0 Å². The van der Waals surface area contributed by atoms with Crippen LogP contribution in [-0.4, -0.2) is 43.7 Å². The molecule has 2 N–H and O–H groups in total. The van der Waals surface area contributed by atoms with Gasteiger partial charge in [0.2, 0.25) is 5.88 Å². The summed E-state index contributed by atoms with van der Waals surface area (Å²) >= 11 is 0. The van der Waals surface area contributed by atoms with E-state index in [1.807, 2.05) is 24.3 Å². The fourth-order valence-electron chi connectivity index (χ4n) is 4.17. The quantitative estimate of drug-likeness (QED) is 0.502. The lowest BCUT2D eigenvalue weighted by atomic mass is 9.82. The first-order chi connectivity index (χ1) is 15.1. The Morgan fingerprint density at radius 3 is 2.74 bits per heavy atom. The molecule has 1 fully saturated rings. The van der Waals surface area contributed by atoms with Crippen LogP contribution in [-0.2, 0) is 14.3 Å². The Kier molecular flexibility index (Phi) is 7.96. The van der Waals surface area contributed by atoms with Crippen LogP contribution in [0, 0.1) is 11.3 Å². The van der Waals surface area contributed by atoms with Crippen molar-refractivity contribution in [1.29, 1.82) is 5.26 Å². The summed E-state index contributed by atoms with van der Waals surface area (Å²) in [5.74, 6) is -0.262. The molecular formula is C24H31N3O4. The fourth-order valence-corrected chi connectivity index (χ4v) is 4.17. The number of hydrogen-bond acceptors (Lipinski definition) is 7. The number of allylic oxidation sites excluding steroid dienone is 2. The number of nitrogens with zero attached hydrogens (tertiary/aromatic N) is 2. The second-order valence-electron chi connectivity index (χ2n) is 7.76. The standard InChI is InChI=1S/C24H31N3O4/c1-3-29-24(28)21-17(2)31-23(26)19(16-25)22(21)18-10-5-6-11-20(18)30-15-9-14-27-12-7-4-8-13-27/h5-6,10-11,22H,3-4,7-9,12-15,26H2,1-2H3. The number of nitrogens with two attached hydrogens (primary N) is 1. The summed E-state index contributed by atoms with van der Waals surface area (Å²) in [5.41, 5.74) is 7.15. The average Bonchev–Trinajstić information content (AvgIpc) is 2.77. The number of para-hydroxylation sites is 1.